The van der Waals surface area contributed by atoms with Crippen LogP contribution in [0.25, 0.3) is 10.2 Å². The molecule has 0 amide bonds. The van der Waals surface area contributed by atoms with Gasteiger partial charge in [0.25, 0.3) is 0 Å². The molecule has 7 heteroatoms. The summed E-state index contributed by atoms with van der Waals surface area (Å²) in [7, 11) is 0. The Morgan fingerprint density at radius 2 is 2.12 bits per heavy atom. The molecule has 0 saturated carbocycles. The molecule has 0 spiro atoms. The van der Waals surface area contributed by atoms with E-state index < -0.39 is 0 Å². The number of ether oxygens (including phenoxy) is 1. The average Bonchev–Trinajstić information content (AvgIpc) is 3.27. The summed E-state index contributed by atoms with van der Waals surface area (Å²) in [5.74, 6) is 1.00. The van der Waals surface area contributed by atoms with E-state index in [0.717, 1.165) is 43.4 Å². The maximum Gasteiger partial charge on any atom is 0.138 e. The predicted molar refractivity (Wildman–Crippen MR) is 100 cm³/mol. The first-order valence-corrected chi connectivity index (χ1v) is 10.3. The van der Waals surface area contributed by atoms with Gasteiger partial charge in [-0.3, -0.25) is 4.90 Å². The molecular formula is C18H25N5OS. The monoisotopic (exact) mass is 359 g/mol. The number of piperidine rings is 1. The highest BCUT2D eigenvalue weighted by Gasteiger charge is 2.34. The minimum Gasteiger partial charge on any atom is -0.378 e. The number of nitrogens with zero attached hydrogens (tertiary/aromatic N) is 3. The first-order valence-electron chi connectivity index (χ1n) is 9.44. The minimum absolute atomic E-state index is 0.313. The second-order valence-corrected chi connectivity index (χ2v) is 8.37. The average molecular weight is 359 g/mol. The van der Waals surface area contributed by atoms with Gasteiger partial charge in [0.1, 0.15) is 17.0 Å². The molecule has 2 N–H and O–H groups in total. The van der Waals surface area contributed by atoms with Gasteiger partial charge in [-0.2, -0.15) is 0 Å². The number of hydrogen-bond acceptors (Lipinski definition) is 7. The second kappa shape index (κ2) is 6.79. The van der Waals surface area contributed by atoms with Crippen molar-refractivity contribution in [1.29, 1.82) is 0 Å². The van der Waals surface area contributed by atoms with Crippen molar-refractivity contribution in [3.63, 3.8) is 0 Å². The molecule has 0 unspecified atom stereocenters. The van der Waals surface area contributed by atoms with Crippen molar-refractivity contribution in [2.45, 2.75) is 44.3 Å². The number of hydrogen-bond donors (Lipinski definition) is 2. The van der Waals surface area contributed by atoms with Crippen LogP contribution in [0.3, 0.4) is 0 Å². The molecular weight excluding hydrogens is 334 g/mol. The molecule has 5 rings (SSSR count). The fraction of sp³-hybridized carbons (Fsp3) is 0.667. The summed E-state index contributed by atoms with van der Waals surface area (Å²) < 4.78 is 5.85. The van der Waals surface area contributed by atoms with E-state index in [-0.39, 0.29) is 0 Å². The summed E-state index contributed by atoms with van der Waals surface area (Å²) in [5.41, 5.74) is 1.44. The van der Waals surface area contributed by atoms with E-state index in [9.17, 15) is 0 Å². The number of thiophene rings is 1. The van der Waals surface area contributed by atoms with Gasteiger partial charge in [-0.1, -0.05) is 6.42 Å². The summed E-state index contributed by atoms with van der Waals surface area (Å²) in [6.45, 7) is 5.99. The van der Waals surface area contributed by atoms with Crippen LogP contribution in [0.5, 0.6) is 0 Å². The van der Waals surface area contributed by atoms with Gasteiger partial charge in [-0.25, -0.2) is 9.97 Å². The number of fused-ring (bicyclic) bond motifs is 3. The smallest absolute Gasteiger partial charge is 0.138 e. The molecule has 2 aromatic rings. The van der Waals surface area contributed by atoms with Crippen LogP contribution in [0.1, 0.15) is 29.7 Å². The van der Waals surface area contributed by atoms with Gasteiger partial charge in [-0.15, -0.1) is 11.3 Å². The Morgan fingerprint density at radius 1 is 1.20 bits per heavy atom. The molecule has 2 fully saturated rings. The lowest BCUT2D eigenvalue weighted by atomic mass is 10.0. The quantitative estimate of drug-likeness (QED) is 0.874. The lowest BCUT2D eigenvalue weighted by molar-refractivity contribution is 0.127. The number of anilines is 1. The molecule has 3 aliphatic heterocycles. The van der Waals surface area contributed by atoms with Crippen molar-refractivity contribution in [2.75, 3.05) is 38.2 Å². The van der Waals surface area contributed by atoms with E-state index in [1.165, 1.54) is 48.2 Å². The SMILES string of the molecule is c1nc(N[C@H]2COC[C@@H]2N2CCCCC2)c2c3c(sc2n1)CNCC3. The van der Waals surface area contributed by atoms with Crippen LogP contribution in [-0.4, -0.2) is 59.8 Å². The Labute approximate surface area is 152 Å². The molecule has 2 atom stereocenters. The van der Waals surface area contributed by atoms with E-state index in [0.29, 0.717) is 12.1 Å². The van der Waals surface area contributed by atoms with Crippen LogP contribution in [0.4, 0.5) is 5.82 Å². The molecule has 0 aliphatic carbocycles. The maximum absolute atomic E-state index is 5.85. The summed E-state index contributed by atoms with van der Waals surface area (Å²) in [6.07, 6.45) is 6.75. The van der Waals surface area contributed by atoms with Gasteiger partial charge in [0.05, 0.1) is 30.7 Å². The first kappa shape index (κ1) is 15.9. The van der Waals surface area contributed by atoms with Crippen molar-refractivity contribution in [3.8, 4) is 0 Å². The Morgan fingerprint density at radius 3 is 3.04 bits per heavy atom. The van der Waals surface area contributed by atoms with E-state index in [1.54, 1.807) is 17.7 Å². The van der Waals surface area contributed by atoms with Gasteiger partial charge in [0.15, 0.2) is 0 Å². The molecule has 25 heavy (non-hydrogen) atoms. The number of likely N-dealkylation sites (tertiary alicyclic amines) is 1. The van der Waals surface area contributed by atoms with Crippen molar-refractivity contribution < 1.29 is 4.74 Å². The Hall–Kier alpha value is -1.28. The summed E-state index contributed by atoms with van der Waals surface area (Å²) >= 11 is 1.81. The Kier molecular flexibility index (Phi) is 4.33. The van der Waals surface area contributed by atoms with Crippen LogP contribution in [0.15, 0.2) is 6.33 Å². The highest BCUT2D eigenvalue weighted by atomic mass is 32.1. The van der Waals surface area contributed by atoms with Crippen molar-refractivity contribution in [2.24, 2.45) is 0 Å². The fourth-order valence-electron chi connectivity index (χ4n) is 4.43. The maximum atomic E-state index is 5.85. The third-order valence-electron chi connectivity index (χ3n) is 5.74. The van der Waals surface area contributed by atoms with Gasteiger partial charge >= 0.3 is 0 Å². The summed E-state index contributed by atoms with van der Waals surface area (Å²) in [4.78, 5) is 14.3. The summed E-state index contributed by atoms with van der Waals surface area (Å²) in [6, 6.07) is 0.773. The zero-order valence-corrected chi connectivity index (χ0v) is 15.3. The van der Waals surface area contributed by atoms with E-state index in [1.807, 2.05) is 0 Å². The molecule has 134 valence electrons. The van der Waals surface area contributed by atoms with Gasteiger partial charge in [0.2, 0.25) is 0 Å². The van der Waals surface area contributed by atoms with Crippen molar-refractivity contribution in [3.05, 3.63) is 16.8 Å². The standard InChI is InChI=1S/C18H25N5OS/c1-2-6-23(7-3-1)14-10-24-9-13(14)22-17-16-12-4-5-19-8-15(12)25-18(16)21-11-20-17/h11,13-14,19H,1-10H2,(H,20,21,22)/t13-,14-/m0/s1. The second-order valence-electron chi connectivity index (χ2n) is 7.29. The molecule has 0 aromatic carbocycles. The molecule has 2 aromatic heterocycles. The van der Waals surface area contributed by atoms with Crippen LogP contribution >= 0.6 is 11.3 Å². The fourth-order valence-corrected chi connectivity index (χ4v) is 5.59. The Balaban J connectivity index is 1.44. The molecule has 2 saturated heterocycles. The van der Waals surface area contributed by atoms with Crippen molar-refractivity contribution >= 4 is 27.4 Å². The van der Waals surface area contributed by atoms with E-state index >= 15 is 0 Å². The highest BCUT2D eigenvalue weighted by molar-refractivity contribution is 7.18. The zero-order valence-electron chi connectivity index (χ0n) is 14.5. The van der Waals surface area contributed by atoms with Gasteiger partial charge < -0.3 is 15.4 Å². The van der Waals surface area contributed by atoms with Crippen LogP contribution < -0.4 is 10.6 Å². The van der Waals surface area contributed by atoms with Gasteiger partial charge in [0, 0.05) is 11.4 Å². The van der Waals surface area contributed by atoms with Gasteiger partial charge in [-0.05, 0) is 44.5 Å². The molecule has 6 nitrogen and oxygen atoms in total. The molecule has 5 heterocycles. The number of aromatic nitrogens is 2. The van der Waals surface area contributed by atoms with E-state index in [4.69, 9.17) is 4.74 Å². The van der Waals surface area contributed by atoms with Crippen LogP contribution in [0.2, 0.25) is 0 Å². The van der Waals surface area contributed by atoms with Crippen molar-refractivity contribution in [1.82, 2.24) is 20.2 Å². The molecule has 0 radical (unpaired) electrons. The lowest BCUT2D eigenvalue weighted by Gasteiger charge is -2.34. The topological polar surface area (TPSA) is 62.3 Å². The third kappa shape index (κ3) is 2.93. The summed E-state index contributed by atoms with van der Waals surface area (Å²) in [5, 5.41) is 8.44. The number of rotatable bonds is 3. The van der Waals surface area contributed by atoms with E-state index in [2.05, 4.69) is 25.5 Å². The largest absolute Gasteiger partial charge is 0.378 e. The van der Waals surface area contributed by atoms with Crippen LogP contribution in [-0.2, 0) is 17.7 Å². The third-order valence-corrected chi connectivity index (χ3v) is 6.88. The molecule has 0 bridgehead atoms. The number of nitrogens with one attached hydrogen (secondary N) is 2. The molecule has 3 aliphatic rings. The minimum atomic E-state index is 0.313. The predicted octanol–water partition coefficient (Wildman–Crippen LogP) is 2.00. The first-order chi connectivity index (χ1) is 12.4. The Bertz CT molecular complexity index is 757. The zero-order chi connectivity index (χ0) is 16.6. The normalized spacial score (nSPS) is 27.5. The highest BCUT2D eigenvalue weighted by Crippen LogP contribution is 2.36. The lowest BCUT2D eigenvalue weighted by Crippen LogP contribution is -2.48. The van der Waals surface area contributed by atoms with Crippen LogP contribution in [0, 0.1) is 0 Å².